The van der Waals surface area contributed by atoms with E-state index in [1.807, 2.05) is 37.3 Å². The minimum Gasteiger partial charge on any atom is -0.321 e. The van der Waals surface area contributed by atoms with Crippen molar-refractivity contribution in [3.8, 4) is 11.8 Å². The Bertz CT molecular complexity index is 941. The molecule has 2 aromatic carbocycles. The number of carbonyl (C=O) groups excluding carboxylic acids is 1. The van der Waals surface area contributed by atoms with Crippen molar-refractivity contribution >= 4 is 11.6 Å². The van der Waals surface area contributed by atoms with Gasteiger partial charge in [0.1, 0.15) is 11.9 Å². The van der Waals surface area contributed by atoms with E-state index in [-0.39, 0.29) is 11.3 Å². The molecule has 0 aliphatic heterocycles. The fourth-order valence-electron chi connectivity index (χ4n) is 2.30. The largest absolute Gasteiger partial charge is 0.321 e. The average Bonchev–Trinajstić information content (AvgIpc) is 2.99. The molecule has 0 bridgehead atoms. The molecular weight excluding hydrogens is 307 g/mol. The maximum absolute atomic E-state index is 13.3. The highest BCUT2D eigenvalue weighted by Gasteiger charge is 2.14. The Morgan fingerprint density at radius 1 is 1.21 bits per heavy atom. The van der Waals surface area contributed by atoms with Gasteiger partial charge in [0.2, 0.25) is 0 Å². The first kappa shape index (κ1) is 15.4. The molecule has 118 valence electrons. The van der Waals surface area contributed by atoms with Crippen LogP contribution in [-0.4, -0.2) is 15.7 Å². The summed E-state index contributed by atoms with van der Waals surface area (Å²) >= 11 is 0. The van der Waals surface area contributed by atoms with Gasteiger partial charge in [0.25, 0.3) is 5.91 Å². The van der Waals surface area contributed by atoms with Crippen LogP contribution in [0.4, 0.5) is 10.1 Å². The molecule has 0 atom stereocenters. The molecule has 0 spiro atoms. The summed E-state index contributed by atoms with van der Waals surface area (Å²) < 4.78 is 15.0. The standard InChI is InChI=1S/C18H13FN4O/c1-12-9-17(22-23(12)15-5-3-2-4-6-15)18(24)21-14-7-8-16(19)13(10-14)11-20/h2-10H,1H3,(H,21,24). The molecule has 0 unspecified atom stereocenters. The number of rotatable bonds is 3. The van der Waals surface area contributed by atoms with Gasteiger partial charge in [-0.25, -0.2) is 9.07 Å². The Balaban J connectivity index is 1.85. The maximum atomic E-state index is 13.3. The highest BCUT2D eigenvalue weighted by atomic mass is 19.1. The minimum atomic E-state index is -0.625. The molecule has 0 saturated heterocycles. The zero-order valence-corrected chi connectivity index (χ0v) is 12.8. The molecule has 1 aromatic heterocycles. The molecule has 1 amide bonds. The van der Waals surface area contributed by atoms with Crippen LogP contribution in [0, 0.1) is 24.1 Å². The highest BCUT2D eigenvalue weighted by Crippen LogP contribution is 2.16. The van der Waals surface area contributed by atoms with Crippen LogP contribution in [0.25, 0.3) is 5.69 Å². The summed E-state index contributed by atoms with van der Waals surface area (Å²) in [5.41, 5.74) is 2.11. The Morgan fingerprint density at radius 2 is 1.96 bits per heavy atom. The van der Waals surface area contributed by atoms with Crippen molar-refractivity contribution in [2.45, 2.75) is 6.92 Å². The number of nitrogens with one attached hydrogen (secondary N) is 1. The summed E-state index contributed by atoms with van der Waals surface area (Å²) in [4.78, 5) is 12.3. The number of carbonyl (C=O) groups is 1. The van der Waals surface area contributed by atoms with E-state index in [2.05, 4.69) is 10.4 Å². The van der Waals surface area contributed by atoms with Crippen LogP contribution < -0.4 is 5.32 Å². The van der Waals surface area contributed by atoms with Gasteiger partial charge in [-0.05, 0) is 43.3 Å². The molecular formula is C18H13FN4O. The second-order valence-electron chi connectivity index (χ2n) is 5.18. The number of amides is 1. The van der Waals surface area contributed by atoms with Crippen molar-refractivity contribution in [2.75, 3.05) is 5.32 Å². The summed E-state index contributed by atoms with van der Waals surface area (Å²) in [5, 5.41) is 15.8. The third-order valence-electron chi connectivity index (χ3n) is 3.47. The summed E-state index contributed by atoms with van der Waals surface area (Å²) in [6, 6.07) is 16.7. The quantitative estimate of drug-likeness (QED) is 0.803. The molecule has 3 aromatic rings. The molecule has 0 radical (unpaired) electrons. The van der Waals surface area contributed by atoms with E-state index in [9.17, 15) is 9.18 Å². The lowest BCUT2D eigenvalue weighted by Gasteiger charge is -2.04. The van der Waals surface area contributed by atoms with Crippen molar-refractivity contribution in [1.29, 1.82) is 5.26 Å². The number of nitriles is 1. The maximum Gasteiger partial charge on any atom is 0.276 e. The molecule has 1 N–H and O–H groups in total. The summed E-state index contributed by atoms with van der Waals surface area (Å²) in [5.74, 6) is -1.05. The van der Waals surface area contributed by atoms with Crippen molar-refractivity contribution in [2.24, 2.45) is 0 Å². The lowest BCUT2D eigenvalue weighted by atomic mass is 10.2. The molecule has 0 aliphatic carbocycles. The van der Waals surface area contributed by atoms with Gasteiger partial charge in [-0.2, -0.15) is 10.4 Å². The van der Waals surface area contributed by atoms with Gasteiger partial charge in [-0.3, -0.25) is 4.79 Å². The molecule has 1 heterocycles. The van der Waals surface area contributed by atoms with E-state index in [1.54, 1.807) is 16.8 Å². The lowest BCUT2D eigenvalue weighted by Crippen LogP contribution is -2.13. The van der Waals surface area contributed by atoms with Crippen molar-refractivity contribution in [3.63, 3.8) is 0 Å². The topological polar surface area (TPSA) is 70.7 Å². The number of aryl methyl sites for hydroxylation is 1. The average molecular weight is 320 g/mol. The van der Waals surface area contributed by atoms with Gasteiger partial charge in [-0.1, -0.05) is 18.2 Å². The van der Waals surface area contributed by atoms with Crippen LogP contribution in [-0.2, 0) is 0 Å². The Kier molecular flexibility index (Phi) is 4.08. The smallest absolute Gasteiger partial charge is 0.276 e. The fraction of sp³-hybridized carbons (Fsp3) is 0.0556. The number of para-hydroxylation sites is 1. The van der Waals surface area contributed by atoms with E-state index in [4.69, 9.17) is 5.26 Å². The van der Waals surface area contributed by atoms with Gasteiger partial charge in [0.05, 0.1) is 11.3 Å². The SMILES string of the molecule is Cc1cc(C(=O)Nc2ccc(F)c(C#N)c2)nn1-c1ccccc1. The van der Waals surface area contributed by atoms with Crippen LogP contribution in [0.1, 0.15) is 21.7 Å². The van der Waals surface area contributed by atoms with Gasteiger partial charge >= 0.3 is 0 Å². The highest BCUT2D eigenvalue weighted by molar-refractivity contribution is 6.03. The zero-order chi connectivity index (χ0) is 17.1. The predicted molar refractivity (Wildman–Crippen MR) is 87.4 cm³/mol. The first-order chi connectivity index (χ1) is 11.6. The molecule has 6 heteroatoms. The second-order valence-corrected chi connectivity index (χ2v) is 5.18. The first-order valence-electron chi connectivity index (χ1n) is 7.21. The van der Waals surface area contributed by atoms with Gasteiger partial charge < -0.3 is 5.32 Å². The number of halogens is 1. The van der Waals surface area contributed by atoms with Gasteiger partial charge in [0, 0.05) is 11.4 Å². The van der Waals surface area contributed by atoms with Crippen LogP contribution in [0.2, 0.25) is 0 Å². The molecule has 3 rings (SSSR count). The molecule has 0 saturated carbocycles. The monoisotopic (exact) mass is 320 g/mol. The number of hydrogen-bond acceptors (Lipinski definition) is 3. The van der Waals surface area contributed by atoms with Crippen LogP contribution in [0.15, 0.2) is 54.6 Å². The predicted octanol–water partition coefficient (Wildman–Crippen LogP) is 3.44. The number of nitrogens with zero attached hydrogens (tertiary/aromatic N) is 3. The van der Waals surface area contributed by atoms with Crippen LogP contribution in [0.5, 0.6) is 0 Å². The minimum absolute atomic E-state index is 0.126. The summed E-state index contributed by atoms with van der Waals surface area (Å²) in [6.45, 7) is 1.85. The Morgan fingerprint density at radius 3 is 2.67 bits per heavy atom. The van der Waals surface area contributed by atoms with E-state index < -0.39 is 11.7 Å². The second kappa shape index (κ2) is 6.34. The van der Waals surface area contributed by atoms with E-state index in [0.717, 1.165) is 17.4 Å². The number of benzene rings is 2. The van der Waals surface area contributed by atoms with E-state index in [1.165, 1.54) is 12.1 Å². The molecule has 0 fully saturated rings. The molecule has 5 nitrogen and oxygen atoms in total. The lowest BCUT2D eigenvalue weighted by molar-refractivity contribution is 0.102. The molecule has 0 aliphatic rings. The first-order valence-corrected chi connectivity index (χ1v) is 7.21. The van der Waals surface area contributed by atoms with Gasteiger partial charge in [-0.15, -0.1) is 0 Å². The molecule has 24 heavy (non-hydrogen) atoms. The third-order valence-corrected chi connectivity index (χ3v) is 3.47. The normalized spacial score (nSPS) is 10.2. The van der Waals surface area contributed by atoms with Crippen molar-refractivity contribution in [3.05, 3.63) is 77.4 Å². The summed E-state index contributed by atoms with van der Waals surface area (Å²) in [7, 11) is 0. The van der Waals surface area contributed by atoms with Crippen molar-refractivity contribution in [1.82, 2.24) is 9.78 Å². The Hall–Kier alpha value is -3.46. The van der Waals surface area contributed by atoms with Crippen LogP contribution >= 0.6 is 0 Å². The van der Waals surface area contributed by atoms with Crippen LogP contribution in [0.3, 0.4) is 0 Å². The fourth-order valence-corrected chi connectivity index (χ4v) is 2.30. The number of hydrogen-bond donors (Lipinski definition) is 1. The third kappa shape index (κ3) is 3.01. The van der Waals surface area contributed by atoms with E-state index in [0.29, 0.717) is 5.69 Å². The zero-order valence-electron chi connectivity index (χ0n) is 12.8. The Labute approximate surface area is 138 Å². The van der Waals surface area contributed by atoms with E-state index >= 15 is 0 Å². The van der Waals surface area contributed by atoms with Gasteiger partial charge in [0.15, 0.2) is 5.69 Å². The number of anilines is 1. The van der Waals surface area contributed by atoms with Crippen molar-refractivity contribution < 1.29 is 9.18 Å². The summed E-state index contributed by atoms with van der Waals surface area (Å²) in [6.07, 6.45) is 0. The number of aromatic nitrogens is 2.